The summed E-state index contributed by atoms with van der Waals surface area (Å²) in [4.78, 5) is 12.2. The van der Waals surface area contributed by atoms with Crippen molar-refractivity contribution < 1.29 is 33.2 Å². The SMILES string of the molecule is COC[C@H]1O[C@@H](OCCNC(=O)CCCCCCCCCCCCCCCS)[C@H](OC)[C@@H](OC)[C@H]1OC. The molecule has 1 aliphatic heterocycles. The molecule has 37 heavy (non-hydrogen) atoms. The third kappa shape index (κ3) is 15.1. The van der Waals surface area contributed by atoms with E-state index in [1.54, 1.807) is 28.4 Å². The second-order valence-electron chi connectivity index (χ2n) is 9.89. The average Bonchev–Trinajstić information content (AvgIpc) is 2.90. The van der Waals surface area contributed by atoms with Crippen molar-refractivity contribution in [2.45, 2.75) is 121 Å². The van der Waals surface area contributed by atoms with Crippen LogP contribution >= 0.6 is 12.6 Å². The molecule has 1 saturated heterocycles. The van der Waals surface area contributed by atoms with Crippen LogP contribution in [0.5, 0.6) is 0 Å². The van der Waals surface area contributed by atoms with Crippen LogP contribution in [-0.4, -0.2) is 90.6 Å². The van der Waals surface area contributed by atoms with Crippen molar-refractivity contribution in [1.29, 1.82) is 0 Å². The van der Waals surface area contributed by atoms with Crippen LogP contribution in [0.1, 0.15) is 89.9 Å². The van der Waals surface area contributed by atoms with Crippen molar-refractivity contribution in [3.05, 3.63) is 0 Å². The Bertz CT molecular complexity index is 543. The van der Waals surface area contributed by atoms with Crippen molar-refractivity contribution in [3.63, 3.8) is 0 Å². The summed E-state index contributed by atoms with van der Waals surface area (Å²) in [6.07, 6.45) is 15.1. The van der Waals surface area contributed by atoms with Crippen molar-refractivity contribution in [2.24, 2.45) is 0 Å². The summed E-state index contributed by atoms with van der Waals surface area (Å²) in [6.45, 7) is 1.09. The summed E-state index contributed by atoms with van der Waals surface area (Å²) in [7, 11) is 6.44. The van der Waals surface area contributed by atoms with Crippen LogP contribution in [0.3, 0.4) is 0 Å². The van der Waals surface area contributed by atoms with E-state index in [1.807, 2.05) is 0 Å². The monoisotopic (exact) mass is 549 g/mol. The van der Waals surface area contributed by atoms with Gasteiger partial charge in [-0.15, -0.1) is 0 Å². The molecule has 220 valence electrons. The van der Waals surface area contributed by atoms with Gasteiger partial charge < -0.3 is 33.7 Å². The molecule has 0 saturated carbocycles. The molecular formula is C28H55NO7S. The second-order valence-corrected chi connectivity index (χ2v) is 10.3. The number of ether oxygens (including phenoxy) is 6. The first-order chi connectivity index (χ1) is 18.1. The molecule has 0 aliphatic carbocycles. The molecule has 0 radical (unpaired) electrons. The molecule has 1 N–H and O–H groups in total. The number of carbonyl (C=O) groups excluding carboxylic acids is 1. The molecule has 1 aliphatic rings. The predicted octanol–water partition coefficient (Wildman–Crippen LogP) is 4.93. The Morgan fingerprint density at radius 1 is 0.730 bits per heavy atom. The fraction of sp³-hybridized carbons (Fsp3) is 0.964. The van der Waals surface area contributed by atoms with Gasteiger partial charge in [0.25, 0.3) is 0 Å². The lowest BCUT2D eigenvalue weighted by Crippen LogP contribution is -2.61. The van der Waals surface area contributed by atoms with E-state index in [-0.39, 0.29) is 24.2 Å². The van der Waals surface area contributed by atoms with Gasteiger partial charge >= 0.3 is 0 Å². The van der Waals surface area contributed by atoms with Crippen molar-refractivity contribution in [2.75, 3.05) is 54.0 Å². The molecule has 0 aromatic rings. The van der Waals surface area contributed by atoms with E-state index in [9.17, 15) is 4.79 Å². The van der Waals surface area contributed by atoms with Crippen LogP contribution in [0.4, 0.5) is 0 Å². The largest absolute Gasteiger partial charge is 0.382 e. The minimum absolute atomic E-state index is 0.0669. The van der Waals surface area contributed by atoms with Crippen LogP contribution in [0.2, 0.25) is 0 Å². The number of hydrogen-bond acceptors (Lipinski definition) is 8. The summed E-state index contributed by atoms with van der Waals surface area (Å²) < 4.78 is 34.0. The molecule has 0 unspecified atom stereocenters. The van der Waals surface area contributed by atoms with E-state index in [1.165, 1.54) is 70.6 Å². The summed E-state index contributed by atoms with van der Waals surface area (Å²) >= 11 is 4.26. The van der Waals surface area contributed by atoms with Crippen LogP contribution in [0.25, 0.3) is 0 Å². The maximum atomic E-state index is 12.2. The Morgan fingerprint density at radius 2 is 1.24 bits per heavy atom. The molecule has 0 aromatic heterocycles. The number of rotatable bonds is 24. The summed E-state index contributed by atoms with van der Waals surface area (Å²) in [5.74, 6) is 1.09. The van der Waals surface area contributed by atoms with Crippen LogP contribution in [0.15, 0.2) is 0 Å². The highest BCUT2D eigenvalue weighted by Crippen LogP contribution is 2.28. The molecule has 8 nitrogen and oxygen atoms in total. The van der Waals surface area contributed by atoms with E-state index >= 15 is 0 Å². The van der Waals surface area contributed by atoms with Gasteiger partial charge in [-0.2, -0.15) is 12.6 Å². The molecule has 5 atom stereocenters. The quantitative estimate of drug-likeness (QED) is 0.131. The van der Waals surface area contributed by atoms with Gasteiger partial charge in [-0.1, -0.05) is 70.6 Å². The molecule has 0 bridgehead atoms. The zero-order valence-corrected chi connectivity index (χ0v) is 24.8. The van der Waals surface area contributed by atoms with Gasteiger partial charge in [-0.05, 0) is 18.6 Å². The third-order valence-corrected chi connectivity index (χ3v) is 7.32. The number of carbonyl (C=O) groups is 1. The van der Waals surface area contributed by atoms with E-state index in [0.717, 1.165) is 18.6 Å². The van der Waals surface area contributed by atoms with Crippen LogP contribution in [-0.2, 0) is 33.2 Å². The highest BCUT2D eigenvalue weighted by molar-refractivity contribution is 7.80. The number of hydrogen-bond donors (Lipinski definition) is 2. The molecule has 1 rings (SSSR count). The minimum Gasteiger partial charge on any atom is -0.382 e. The summed E-state index contributed by atoms with van der Waals surface area (Å²) in [5, 5.41) is 2.94. The molecule has 0 aromatic carbocycles. The lowest BCUT2D eigenvalue weighted by molar-refractivity contribution is -0.312. The van der Waals surface area contributed by atoms with Gasteiger partial charge in [0.05, 0.1) is 13.2 Å². The highest BCUT2D eigenvalue weighted by Gasteiger charge is 2.47. The van der Waals surface area contributed by atoms with Gasteiger partial charge in [0.15, 0.2) is 6.29 Å². The van der Waals surface area contributed by atoms with Gasteiger partial charge in [0.1, 0.15) is 24.4 Å². The Labute approximate surface area is 231 Å². The maximum Gasteiger partial charge on any atom is 0.220 e. The first-order valence-corrected chi connectivity index (χ1v) is 15.0. The molecule has 0 spiro atoms. The summed E-state index contributed by atoms with van der Waals surface area (Å²) in [5.41, 5.74) is 0. The van der Waals surface area contributed by atoms with Gasteiger partial charge in [0.2, 0.25) is 5.91 Å². The van der Waals surface area contributed by atoms with E-state index in [2.05, 4.69) is 17.9 Å². The zero-order chi connectivity index (χ0) is 27.1. The number of thiol groups is 1. The van der Waals surface area contributed by atoms with Crippen molar-refractivity contribution >= 4 is 18.5 Å². The first-order valence-electron chi connectivity index (χ1n) is 14.3. The Morgan fingerprint density at radius 3 is 1.73 bits per heavy atom. The fourth-order valence-corrected chi connectivity index (χ4v) is 5.13. The number of methoxy groups -OCH3 is 4. The second kappa shape index (κ2) is 23.5. The lowest BCUT2D eigenvalue weighted by Gasteiger charge is -2.44. The lowest BCUT2D eigenvalue weighted by atomic mass is 9.98. The standard InChI is InChI=1S/C28H55NO7S/c1-31-22-23-25(32-2)26(33-3)27(34-4)28(36-23)35-20-19-29-24(30)18-16-14-12-10-8-6-5-7-9-11-13-15-17-21-37/h23,25-28,37H,5-22H2,1-4H3,(H,29,30)/t23-,25+,26+,27-,28-/m1/s1. The number of nitrogens with one attached hydrogen (secondary N) is 1. The smallest absolute Gasteiger partial charge is 0.220 e. The number of amides is 1. The topological polar surface area (TPSA) is 84.5 Å². The Kier molecular flexibility index (Phi) is 21.9. The van der Waals surface area contributed by atoms with Crippen molar-refractivity contribution in [1.82, 2.24) is 5.32 Å². The molecule has 1 amide bonds. The average molecular weight is 550 g/mol. The summed E-state index contributed by atoms with van der Waals surface area (Å²) in [6, 6.07) is 0. The molecule has 1 fully saturated rings. The number of unbranched alkanes of at least 4 members (excludes halogenated alkanes) is 12. The van der Waals surface area contributed by atoms with E-state index in [4.69, 9.17) is 28.4 Å². The molecular weight excluding hydrogens is 494 g/mol. The third-order valence-electron chi connectivity index (χ3n) is 7.01. The van der Waals surface area contributed by atoms with E-state index < -0.39 is 12.4 Å². The van der Waals surface area contributed by atoms with E-state index in [0.29, 0.717) is 26.2 Å². The van der Waals surface area contributed by atoms with Crippen molar-refractivity contribution in [3.8, 4) is 0 Å². The fourth-order valence-electron chi connectivity index (χ4n) is 4.91. The molecule has 9 heteroatoms. The van der Waals surface area contributed by atoms with Gasteiger partial charge in [0, 0.05) is 41.4 Å². The van der Waals surface area contributed by atoms with Crippen LogP contribution in [0, 0.1) is 0 Å². The predicted molar refractivity (Wildman–Crippen MR) is 150 cm³/mol. The zero-order valence-electron chi connectivity index (χ0n) is 23.9. The normalized spacial score (nSPS) is 23.9. The minimum atomic E-state index is -0.638. The Balaban J connectivity index is 2.07. The van der Waals surface area contributed by atoms with Gasteiger partial charge in [-0.3, -0.25) is 4.79 Å². The highest BCUT2D eigenvalue weighted by atomic mass is 32.1. The molecule has 1 heterocycles. The first kappa shape index (κ1) is 34.6. The Hall–Kier alpha value is -0.420. The van der Waals surface area contributed by atoms with Gasteiger partial charge in [-0.25, -0.2) is 0 Å². The van der Waals surface area contributed by atoms with Crippen LogP contribution < -0.4 is 5.32 Å². The maximum absolute atomic E-state index is 12.2.